The highest BCUT2D eigenvalue weighted by Gasteiger charge is 2.46. The van der Waals surface area contributed by atoms with Crippen molar-refractivity contribution in [3.63, 3.8) is 0 Å². The number of fused-ring (bicyclic) bond motifs is 1. The van der Waals surface area contributed by atoms with Gasteiger partial charge >= 0.3 is 12.4 Å². The smallest absolute Gasteiger partial charge is 0.241 e. The Kier molecular flexibility index (Phi) is 5.49. The molecule has 11 heteroatoms. The molecule has 0 unspecified atom stereocenters. The van der Waals surface area contributed by atoms with Gasteiger partial charge < -0.3 is 0 Å². The number of hydrogen-bond acceptors (Lipinski definition) is 3. The monoisotopic (exact) mass is 470 g/mol. The van der Waals surface area contributed by atoms with Crippen molar-refractivity contribution >= 4 is 23.7 Å². The van der Waals surface area contributed by atoms with Crippen molar-refractivity contribution in [1.29, 1.82) is 0 Å². The third-order valence-corrected chi connectivity index (χ3v) is 6.77. The van der Waals surface area contributed by atoms with E-state index in [4.69, 9.17) is 11.6 Å². The molecule has 162 valence electrons. The van der Waals surface area contributed by atoms with Crippen LogP contribution in [0.4, 0.5) is 30.7 Å². The molecule has 2 aliphatic heterocycles. The van der Waals surface area contributed by atoms with Gasteiger partial charge in [0.05, 0.1) is 17.2 Å². The topological polar surface area (TPSA) is 15.3 Å². The SMILES string of the molecule is Fc1cc([C@H]2NSN3[C@H](c4cc(C(F)(F)F)ccc4Cl)CC[C@@H]23)cc(C(F)(F)F)c1. The van der Waals surface area contributed by atoms with Gasteiger partial charge in [0.2, 0.25) is 0 Å². The van der Waals surface area contributed by atoms with Gasteiger partial charge in [0.1, 0.15) is 5.82 Å². The third-order valence-electron chi connectivity index (χ3n) is 5.33. The Morgan fingerprint density at radius 1 is 0.933 bits per heavy atom. The quantitative estimate of drug-likeness (QED) is 0.378. The molecule has 2 heterocycles. The molecule has 0 spiro atoms. The summed E-state index contributed by atoms with van der Waals surface area (Å²) in [4.78, 5) is 0. The summed E-state index contributed by atoms with van der Waals surface area (Å²) < 4.78 is 97.1. The summed E-state index contributed by atoms with van der Waals surface area (Å²) in [6.45, 7) is 0. The zero-order chi connectivity index (χ0) is 21.8. The van der Waals surface area contributed by atoms with Crippen molar-refractivity contribution in [2.24, 2.45) is 0 Å². The van der Waals surface area contributed by atoms with Gasteiger partial charge in [-0.05, 0) is 60.4 Å². The summed E-state index contributed by atoms with van der Waals surface area (Å²) in [7, 11) is 0. The van der Waals surface area contributed by atoms with Gasteiger partial charge in [0.25, 0.3) is 0 Å². The summed E-state index contributed by atoms with van der Waals surface area (Å²) in [5.41, 5.74) is -1.46. The van der Waals surface area contributed by atoms with Gasteiger partial charge in [0.15, 0.2) is 0 Å². The largest absolute Gasteiger partial charge is 0.416 e. The molecular weight excluding hydrogens is 457 g/mol. The molecule has 2 aromatic rings. The van der Waals surface area contributed by atoms with Crippen LogP contribution in [0.5, 0.6) is 0 Å². The number of nitrogens with zero attached hydrogens (tertiary/aromatic N) is 1. The van der Waals surface area contributed by atoms with Crippen LogP contribution in [0.3, 0.4) is 0 Å². The molecule has 2 saturated heterocycles. The highest BCUT2D eigenvalue weighted by molar-refractivity contribution is 7.95. The molecule has 0 saturated carbocycles. The molecule has 0 amide bonds. The van der Waals surface area contributed by atoms with Crippen LogP contribution in [0.25, 0.3) is 0 Å². The van der Waals surface area contributed by atoms with Crippen LogP contribution in [0.15, 0.2) is 36.4 Å². The molecule has 2 fully saturated rings. The van der Waals surface area contributed by atoms with Crippen LogP contribution in [-0.4, -0.2) is 10.3 Å². The number of benzene rings is 2. The van der Waals surface area contributed by atoms with Crippen molar-refractivity contribution in [1.82, 2.24) is 9.03 Å². The maximum absolute atomic E-state index is 13.8. The van der Waals surface area contributed by atoms with Crippen molar-refractivity contribution in [2.45, 2.75) is 43.3 Å². The van der Waals surface area contributed by atoms with Crippen molar-refractivity contribution < 1.29 is 30.7 Å². The number of halogens is 8. The number of hydrogen-bond donors (Lipinski definition) is 1. The second kappa shape index (κ2) is 7.58. The van der Waals surface area contributed by atoms with Gasteiger partial charge in [-0.1, -0.05) is 11.6 Å². The second-order valence-corrected chi connectivity index (χ2v) is 8.46. The Morgan fingerprint density at radius 2 is 1.63 bits per heavy atom. The molecule has 2 aromatic carbocycles. The molecule has 4 rings (SSSR count). The Bertz CT molecular complexity index is 963. The number of alkyl halides is 6. The van der Waals surface area contributed by atoms with E-state index in [1.807, 2.05) is 0 Å². The first-order valence-corrected chi connectivity index (χ1v) is 10.1. The van der Waals surface area contributed by atoms with Crippen LogP contribution >= 0.6 is 23.7 Å². The second-order valence-electron chi connectivity index (χ2n) is 7.21. The fourth-order valence-corrected chi connectivity index (χ4v) is 5.45. The first kappa shape index (κ1) is 21.7. The average Bonchev–Trinajstić information content (AvgIpc) is 3.22. The lowest BCUT2D eigenvalue weighted by atomic mass is 9.97. The Hall–Kier alpha value is -1.49. The van der Waals surface area contributed by atoms with Crippen LogP contribution in [0, 0.1) is 5.82 Å². The molecule has 0 aliphatic carbocycles. The lowest BCUT2D eigenvalue weighted by molar-refractivity contribution is -0.138. The molecule has 2 aliphatic rings. The molecular formula is C19H14ClF7N2S. The Labute approximate surface area is 176 Å². The molecule has 1 N–H and O–H groups in total. The molecule has 2 nitrogen and oxygen atoms in total. The van der Waals surface area contributed by atoms with Gasteiger partial charge in [0, 0.05) is 29.2 Å². The van der Waals surface area contributed by atoms with E-state index in [0.29, 0.717) is 24.5 Å². The van der Waals surface area contributed by atoms with Crippen molar-refractivity contribution in [2.75, 3.05) is 0 Å². The van der Waals surface area contributed by atoms with E-state index in [0.717, 1.165) is 36.4 Å². The van der Waals surface area contributed by atoms with Gasteiger partial charge in [-0.25, -0.2) is 13.4 Å². The Balaban J connectivity index is 1.63. The minimum atomic E-state index is -4.69. The summed E-state index contributed by atoms with van der Waals surface area (Å²) in [5, 5.41) is 0.183. The van der Waals surface area contributed by atoms with Crippen LogP contribution in [-0.2, 0) is 12.4 Å². The highest BCUT2D eigenvalue weighted by atomic mass is 35.5. The van der Waals surface area contributed by atoms with E-state index in [2.05, 4.69) is 4.72 Å². The van der Waals surface area contributed by atoms with Crippen molar-refractivity contribution in [3.05, 3.63) is 69.5 Å². The maximum atomic E-state index is 13.8. The number of rotatable bonds is 2. The molecule has 0 aromatic heterocycles. The standard InChI is InChI=1S/C19H14ClF7N2S/c20-14-2-1-10(18(22,23)24)8-13(14)15-3-4-16-17(28-30-29(15)16)9-5-11(19(25,26)27)7-12(21)6-9/h1-2,5-8,15-17,28H,3-4H2/t15-,16-,17+/m0/s1. The molecule has 30 heavy (non-hydrogen) atoms. The zero-order valence-electron chi connectivity index (χ0n) is 15.0. The maximum Gasteiger partial charge on any atom is 0.416 e. The first-order valence-electron chi connectivity index (χ1n) is 8.90. The van der Waals surface area contributed by atoms with E-state index in [1.165, 1.54) is 6.07 Å². The fraction of sp³-hybridized carbons (Fsp3) is 0.368. The third kappa shape index (κ3) is 4.02. The van der Waals surface area contributed by atoms with Crippen LogP contribution in [0.2, 0.25) is 5.02 Å². The van der Waals surface area contributed by atoms with E-state index >= 15 is 0 Å². The fourth-order valence-electron chi connectivity index (χ4n) is 3.97. The molecule has 3 atom stereocenters. The first-order chi connectivity index (χ1) is 13.9. The predicted octanol–water partition coefficient (Wildman–Crippen LogP) is 6.93. The van der Waals surface area contributed by atoms with E-state index in [9.17, 15) is 30.7 Å². The van der Waals surface area contributed by atoms with Gasteiger partial charge in [-0.3, -0.25) is 0 Å². The van der Waals surface area contributed by atoms with E-state index in [-0.39, 0.29) is 16.6 Å². The lowest BCUT2D eigenvalue weighted by Gasteiger charge is -2.24. The van der Waals surface area contributed by atoms with Gasteiger partial charge in [-0.2, -0.15) is 26.3 Å². The molecule has 0 bridgehead atoms. The predicted molar refractivity (Wildman–Crippen MR) is 98.9 cm³/mol. The van der Waals surface area contributed by atoms with E-state index < -0.39 is 41.4 Å². The van der Waals surface area contributed by atoms with Gasteiger partial charge in [-0.15, -0.1) is 0 Å². The minimum absolute atomic E-state index is 0.137. The number of nitrogens with one attached hydrogen (secondary N) is 1. The molecule has 0 radical (unpaired) electrons. The minimum Gasteiger partial charge on any atom is -0.241 e. The summed E-state index contributed by atoms with van der Waals surface area (Å²) >= 11 is 7.26. The lowest BCUT2D eigenvalue weighted by Crippen LogP contribution is -2.26. The highest BCUT2D eigenvalue weighted by Crippen LogP contribution is 2.51. The van der Waals surface area contributed by atoms with Crippen LogP contribution < -0.4 is 4.72 Å². The van der Waals surface area contributed by atoms with E-state index in [1.54, 1.807) is 4.31 Å². The normalized spacial score (nSPS) is 25.0. The van der Waals surface area contributed by atoms with Crippen LogP contribution in [0.1, 0.15) is 47.2 Å². The average molecular weight is 471 g/mol. The zero-order valence-corrected chi connectivity index (χ0v) is 16.6. The van der Waals surface area contributed by atoms with Crippen molar-refractivity contribution in [3.8, 4) is 0 Å². The summed E-state index contributed by atoms with van der Waals surface area (Å²) in [6.07, 6.45) is -8.24. The summed E-state index contributed by atoms with van der Waals surface area (Å²) in [5.74, 6) is -0.999. The Morgan fingerprint density at radius 3 is 2.30 bits per heavy atom. The summed E-state index contributed by atoms with van der Waals surface area (Å²) in [6, 6.07) is 4.09.